The lowest BCUT2D eigenvalue weighted by molar-refractivity contribution is -0.142. The maximum Gasteiger partial charge on any atom is 0.261 e. The van der Waals surface area contributed by atoms with Crippen molar-refractivity contribution >= 4 is 50.9 Å². The monoisotopic (exact) mass is 632 g/mol. The van der Waals surface area contributed by atoms with E-state index < -0.39 is 6.04 Å². The average molecular weight is 634 g/mol. The standard InChI is InChI=1S/C31H35BrCl2N2O3/c1-4-5-16-35-31(38)28(17-22-10-7-6-8-11-22)36(19-24-26(33)12-9-13-27(24)34)30(37)20-39-29-15-14-23(21(2)3)18-25(29)32/h6-15,18,21,28H,4-5,16-17,19-20H2,1-3H3,(H,35,38)/t28-/m1/s1. The summed E-state index contributed by atoms with van der Waals surface area (Å²) in [6, 6.07) is 19.9. The molecule has 5 nitrogen and oxygen atoms in total. The SMILES string of the molecule is CCCCNC(=O)[C@@H](Cc1ccccc1)N(Cc1c(Cl)cccc1Cl)C(=O)COc1ccc(C(C)C)cc1Br. The van der Waals surface area contributed by atoms with Gasteiger partial charge in [0, 0.05) is 35.1 Å². The number of carbonyl (C=O) groups excluding carboxylic acids is 2. The van der Waals surface area contributed by atoms with Crippen molar-refractivity contribution in [3.8, 4) is 5.75 Å². The molecule has 2 amide bonds. The number of carbonyl (C=O) groups is 2. The van der Waals surface area contributed by atoms with Gasteiger partial charge in [-0.3, -0.25) is 9.59 Å². The van der Waals surface area contributed by atoms with Crippen molar-refractivity contribution in [1.29, 1.82) is 0 Å². The van der Waals surface area contributed by atoms with Crippen LogP contribution in [-0.2, 0) is 22.6 Å². The van der Waals surface area contributed by atoms with Gasteiger partial charge in [0.05, 0.1) is 4.47 Å². The van der Waals surface area contributed by atoms with E-state index in [1.165, 1.54) is 4.90 Å². The number of nitrogens with one attached hydrogen (secondary N) is 1. The molecule has 1 N–H and O–H groups in total. The smallest absolute Gasteiger partial charge is 0.261 e. The second-order valence-electron chi connectivity index (χ2n) is 9.71. The van der Waals surface area contributed by atoms with Gasteiger partial charge in [0.15, 0.2) is 6.61 Å². The van der Waals surface area contributed by atoms with Crippen LogP contribution in [-0.4, -0.2) is 35.9 Å². The molecule has 3 aromatic carbocycles. The molecule has 0 saturated carbocycles. The number of rotatable bonds is 13. The zero-order valence-corrected chi connectivity index (χ0v) is 25.7. The summed E-state index contributed by atoms with van der Waals surface area (Å²) in [7, 11) is 0. The zero-order chi connectivity index (χ0) is 28.4. The lowest BCUT2D eigenvalue weighted by Gasteiger charge is -2.32. The van der Waals surface area contributed by atoms with Crippen molar-refractivity contribution in [3.05, 3.63) is 97.9 Å². The van der Waals surface area contributed by atoms with Gasteiger partial charge < -0.3 is 15.0 Å². The van der Waals surface area contributed by atoms with Gasteiger partial charge in [-0.2, -0.15) is 0 Å². The Labute approximate surface area is 250 Å². The highest BCUT2D eigenvalue weighted by Gasteiger charge is 2.31. The summed E-state index contributed by atoms with van der Waals surface area (Å²) in [5.74, 6) is 0.331. The molecule has 3 rings (SSSR count). The minimum Gasteiger partial charge on any atom is -0.483 e. The molecule has 39 heavy (non-hydrogen) atoms. The second kappa shape index (κ2) is 15.3. The fourth-order valence-corrected chi connectivity index (χ4v) is 5.16. The van der Waals surface area contributed by atoms with Gasteiger partial charge in [0.1, 0.15) is 11.8 Å². The Morgan fingerprint density at radius 2 is 1.69 bits per heavy atom. The first-order valence-electron chi connectivity index (χ1n) is 13.2. The van der Waals surface area contributed by atoms with Crippen molar-refractivity contribution in [2.75, 3.05) is 13.2 Å². The Hall–Kier alpha value is -2.54. The van der Waals surface area contributed by atoms with Crippen LogP contribution in [0.15, 0.2) is 71.2 Å². The molecule has 0 bridgehead atoms. The predicted octanol–water partition coefficient (Wildman–Crippen LogP) is 7.81. The number of hydrogen-bond donors (Lipinski definition) is 1. The van der Waals surface area contributed by atoms with Crippen molar-refractivity contribution in [2.24, 2.45) is 0 Å². The first kappa shape index (κ1) is 31.0. The van der Waals surface area contributed by atoms with Crippen molar-refractivity contribution in [1.82, 2.24) is 10.2 Å². The number of hydrogen-bond acceptors (Lipinski definition) is 3. The van der Waals surface area contributed by atoms with E-state index in [2.05, 4.69) is 42.0 Å². The number of amides is 2. The maximum atomic E-state index is 13.8. The van der Waals surface area contributed by atoms with Crippen LogP contribution in [0.1, 0.15) is 56.2 Å². The van der Waals surface area contributed by atoms with E-state index in [1.807, 2.05) is 48.5 Å². The van der Waals surface area contributed by atoms with E-state index in [9.17, 15) is 9.59 Å². The Kier molecular flexibility index (Phi) is 12.2. The summed E-state index contributed by atoms with van der Waals surface area (Å²) in [6.07, 6.45) is 2.12. The quantitative estimate of drug-likeness (QED) is 0.195. The number of ether oxygens (including phenoxy) is 1. The van der Waals surface area contributed by atoms with Gasteiger partial charge in [0.25, 0.3) is 5.91 Å². The molecule has 1 atom stereocenters. The van der Waals surface area contributed by atoms with Gasteiger partial charge in [-0.25, -0.2) is 0 Å². The zero-order valence-electron chi connectivity index (χ0n) is 22.6. The van der Waals surface area contributed by atoms with Crippen LogP contribution in [0.3, 0.4) is 0 Å². The highest BCUT2D eigenvalue weighted by Crippen LogP contribution is 2.30. The fraction of sp³-hybridized carbons (Fsp3) is 0.355. The van der Waals surface area contributed by atoms with Crippen LogP contribution in [0.2, 0.25) is 10.0 Å². The molecule has 3 aromatic rings. The largest absolute Gasteiger partial charge is 0.483 e. The third-order valence-corrected chi connectivity index (χ3v) is 7.79. The molecule has 0 aromatic heterocycles. The molecule has 0 aliphatic rings. The Bertz CT molecular complexity index is 1230. The van der Waals surface area contributed by atoms with Gasteiger partial charge in [-0.15, -0.1) is 0 Å². The molecule has 0 aliphatic carbocycles. The Morgan fingerprint density at radius 3 is 2.31 bits per heavy atom. The molecular formula is C31H35BrCl2N2O3. The predicted molar refractivity (Wildman–Crippen MR) is 163 cm³/mol. The number of unbranched alkanes of at least 4 members (excludes halogenated alkanes) is 1. The summed E-state index contributed by atoms with van der Waals surface area (Å²) in [5, 5.41) is 3.86. The number of nitrogens with zero attached hydrogens (tertiary/aromatic N) is 1. The summed E-state index contributed by atoms with van der Waals surface area (Å²) >= 11 is 16.6. The van der Waals surface area contributed by atoms with Crippen LogP contribution in [0, 0.1) is 0 Å². The lowest BCUT2D eigenvalue weighted by atomic mass is 10.0. The molecule has 0 spiro atoms. The number of halogens is 3. The molecule has 0 unspecified atom stereocenters. The highest BCUT2D eigenvalue weighted by atomic mass is 79.9. The van der Waals surface area contributed by atoms with E-state index in [0.29, 0.717) is 40.2 Å². The van der Waals surface area contributed by atoms with E-state index in [1.54, 1.807) is 18.2 Å². The van der Waals surface area contributed by atoms with Crippen molar-refractivity contribution in [2.45, 2.75) is 58.5 Å². The molecule has 0 heterocycles. The molecule has 208 valence electrons. The fourth-order valence-electron chi connectivity index (χ4n) is 4.13. The van der Waals surface area contributed by atoms with Crippen molar-refractivity contribution < 1.29 is 14.3 Å². The Balaban J connectivity index is 1.93. The van der Waals surface area contributed by atoms with Crippen LogP contribution in [0.4, 0.5) is 0 Å². The van der Waals surface area contributed by atoms with E-state index in [-0.39, 0.29) is 25.0 Å². The van der Waals surface area contributed by atoms with Gasteiger partial charge in [-0.05, 0) is 63.7 Å². The molecule has 0 radical (unpaired) electrons. The normalized spacial score (nSPS) is 11.8. The molecule has 0 saturated heterocycles. The Morgan fingerprint density at radius 1 is 1.00 bits per heavy atom. The van der Waals surface area contributed by atoms with Crippen LogP contribution in [0.25, 0.3) is 0 Å². The molecule has 0 aliphatic heterocycles. The lowest BCUT2D eigenvalue weighted by Crippen LogP contribution is -2.52. The van der Waals surface area contributed by atoms with Gasteiger partial charge in [0.2, 0.25) is 5.91 Å². The summed E-state index contributed by atoms with van der Waals surface area (Å²) in [4.78, 5) is 28.9. The first-order chi connectivity index (χ1) is 18.7. The molecule has 8 heteroatoms. The van der Waals surface area contributed by atoms with E-state index >= 15 is 0 Å². The minimum atomic E-state index is -0.792. The van der Waals surface area contributed by atoms with Crippen LogP contribution >= 0.6 is 39.1 Å². The van der Waals surface area contributed by atoms with Crippen LogP contribution < -0.4 is 10.1 Å². The minimum absolute atomic E-state index is 0.0624. The summed E-state index contributed by atoms with van der Waals surface area (Å²) < 4.78 is 6.72. The topological polar surface area (TPSA) is 58.6 Å². The maximum absolute atomic E-state index is 13.8. The van der Waals surface area contributed by atoms with Crippen molar-refractivity contribution in [3.63, 3.8) is 0 Å². The molecule has 0 fully saturated rings. The first-order valence-corrected chi connectivity index (χ1v) is 14.7. The third kappa shape index (κ3) is 8.99. The van der Waals surface area contributed by atoms with Gasteiger partial charge >= 0.3 is 0 Å². The second-order valence-corrected chi connectivity index (χ2v) is 11.4. The third-order valence-electron chi connectivity index (χ3n) is 6.46. The van der Waals surface area contributed by atoms with E-state index in [4.69, 9.17) is 27.9 Å². The summed E-state index contributed by atoms with van der Waals surface area (Å²) in [5.41, 5.74) is 2.67. The average Bonchev–Trinajstić information content (AvgIpc) is 2.91. The number of benzene rings is 3. The van der Waals surface area contributed by atoms with E-state index in [0.717, 1.165) is 28.4 Å². The molecular weight excluding hydrogens is 599 g/mol. The summed E-state index contributed by atoms with van der Waals surface area (Å²) in [6.45, 7) is 6.62. The van der Waals surface area contributed by atoms with Gasteiger partial charge in [-0.1, -0.05) is 92.9 Å². The highest BCUT2D eigenvalue weighted by molar-refractivity contribution is 9.10. The van der Waals surface area contributed by atoms with Crippen LogP contribution in [0.5, 0.6) is 5.75 Å².